The molecule has 1 saturated carbocycles. The zero-order chi connectivity index (χ0) is 12.3. The maximum atomic E-state index is 10.9. The molecule has 1 fully saturated rings. The molecule has 0 saturated heterocycles. The summed E-state index contributed by atoms with van der Waals surface area (Å²) in [6.45, 7) is 0. The molecule has 0 amide bonds. The first-order valence-corrected chi connectivity index (χ1v) is 6.48. The number of anilines is 1. The highest BCUT2D eigenvalue weighted by Crippen LogP contribution is 2.38. The van der Waals surface area contributed by atoms with Crippen LogP contribution < -0.4 is 5.73 Å². The van der Waals surface area contributed by atoms with Crippen molar-refractivity contribution in [1.82, 2.24) is 9.97 Å². The summed E-state index contributed by atoms with van der Waals surface area (Å²) < 4.78 is 0. The quantitative estimate of drug-likeness (QED) is 0.505. The number of aromatic nitrogens is 2. The molecule has 0 unspecified atom stereocenters. The van der Waals surface area contributed by atoms with Gasteiger partial charge in [-0.2, -0.15) is 0 Å². The predicted octanol–water partition coefficient (Wildman–Crippen LogP) is 2.39. The van der Waals surface area contributed by atoms with Crippen LogP contribution in [-0.2, 0) is 0 Å². The van der Waals surface area contributed by atoms with E-state index in [0.717, 1.165) is 12.8 Å². The van der Waals surface area contributed by atoms with Crippen LogP contribution in [0.5, 0.6) is 0 Å². The van der Waals surface area contributed by atoms with E-state index in [0.29, 0.717) is 10.3 Å². The number of nitrogens with two attached hydrogens (primary N) is 1. The fourth-order valence-electron chi connectivity index (χ4n) is 1.97. The number of nitro groups is 1. The molecule has 0 aromatic carbocycles. The van der Waals surface area contributed by atoms with E-state index < -0.39 is 4.92 Å². The Labute approximate surface area is 103 Å². The Balaban J connectivity index is 2.19. The van der Waals surface area contributed by atoms with Crippen LogP contribution in [0.1, 0.15) is 32.1 Å². The van der Waals surface area contributed by atoms with Crippen LogP contribution in [0.3, 0.4) is 0 Å². The lowest BCUT2D eigenvalue weighted by Crippen LogP contribution is -2.10. The fraction of sp³-hybridized carbons (Fsp3) is 0.600. The van der Waals surface area contributed by atoms with Crippen molar-refractivity contribution in [3.05, 3.63) is 16.4 Å². The van der Waals surface area contributed by atoms with Crippen molar-refractivity contribution in [3.8, 4) is 0 Å². The molecule has 1 heterocycles. The number of thioether (sulfide) groups is 1. The lowest BCUT2D eigenvalue weighted by atomic mass is 10.0. The molecule has 1 aromatic heterocycles. The Morgan fingerprint density at radius 1 is 1.35 bits per heavy atom. The van der Waals surface area contributed by atoms with E-state index in [1.165, 1.54) is 37.4 Å². The monoisotopic (exact) mass is 254 g/mol. The van der Waals surface area contributed by atoms with Crippen LogP contribution in [0, 0.1) is 10.1 Å². The van der Waals surface area contributed by atoms with Crippen LogP contribution in [0.25, 0.3) is 0 Å². The van der Waals surface area contributed by atoms with Gasteiger partial charge in [0.05, 0.1) is 4.92 Å². The van der Waals surface area contributed by atoms with Crippen molar-refractivity contribution < 1.29 is 4.92 Å². The van der Waals surface area contributed by atoms with Crippen molar-refractivity contribution in [2.75, 3.05) is 5.73 Å². The molecule has 92 valence electrons. The van der Waals surface area contributed by atoms with E-state index in [4.69, 9.17) is 5.73 Å². The molecule has 2 N–H and O–H groups in total. The van der Waals surface area contributed by atoms with Crippen LogP contribution in [0.2, 0.25) is 0 Å². The molecular formula is C10H14N4O2S. The lowest BCUT2D eigenvalue weighted by Gasteiger charge is -2.20. The highest BCUT2D eigenvalue weighted by atomic mass is 32.2. The molecule has 1 aliphatic carbocycles. The molecule has 7 heteroatoms. The zero-order valence-corrected chi connectivity index (χ0v) is 10.2. The predicted molar refractivity (Wildman–Crippen MR) is 65.8 cm³/mol. The van der Waals surface area contributed by atoms with Gasteiger partial charge in [-0.1, -0.05) is 31.0 Å². The molecular weight excluding hydrogens is 240 g/mol. The van der Waals surface area contributed by atoms with Gasteiger partial charge in [-0.25, -0.2) is 9.97 Å². The first-order chi connectivity index (χ1) is 8.18. The Morgan fingerprint density at radius 2 is 2.06 bits per heavy atom. The second kappa shape index (κ2) is 5.31. The maximum absolute atomic E-state index is 10.9. The first-order valence-electron chi connectivity index (χ1n) is 5.60. The van der Waals surface area contributed by atoms with Gasteiger partial charge in [0, 0.05) is 5.25 Å². The van der Waals surface area contributed by atoms with Crippen LogP contribution in [0.4, 0.5) is 11.5 Å². The van der Waals surface area contributed by atoms with Gasteiger partial charge in [0.25, 0.3) is 0 Å². The molecule has 0 radical (unpaired) electrons. The summed E-state index contributed by atoms with van der Waals surface area (Å²) in [6.07, 6.45) is 7.09. The minimum Gasteiger partial charge on any atom is -0.378 e. The second-order valence-corrected chi connectivity index (χ2v) is 5.34. The summed E-state index contributed by atoms with van der Waals surface area (Å²) in [5, 5.41) is 11.7. The standard InChI is InChI=1S/C10H14N4O2S/c11-9-8(14(15)16)10(13-6-12-9)17-7-4-2-1-3-5-7/h6-7H,1-5H2,(H2,11,12,13). The summed E-state index contributed by atoms with van der Waals surface area (Å²) in [5.41, 5.74) is 5.37. The zero-order valence-electron chi connectivity index (χ0n) is 9.33. The van der Waals surface area contributed by atoms with E-state index in [2.05, 4.69) is 9.97 Å². The largest absolute Gasteiger partial charge is 0.378 e. The van der Waals surface area contributed by atoms with Crippen LogP contribution in [0.15, 0.2) is 11.4 Å². The minimum absolute atomic E-state index is 0.0525. The van der Waals surface area contributed by atoms with Crippen molar-refractivity contribution in [1.29, 1.82) is 0 Å². The van der Waals surface area contributed by atoms with Gasteiger partial charge in [0.15, 0.2) is 5.03 Å². The van der Waals surface area contributed by atoms with Gasteiger partial charge >= 0.3 is 5.69 Å². The van der Waals surface area contributed by atoms with E-state index in [1.54, 1.807) is 0 Å². The third kappa shape index (κ3) is 2.85. The molecule has 2 rings (SSSR count). The number of nitrogens with zero attached hydrogens (tertiary/aromatic N) is 3. The van der Waals surface area contributed by atoms with Crippen molar-refractivity contribution in [2.45, 2.75) is 42.4 Å². The topological polar surface area (TPSA) is 94.9 Å². The number of nitrogen functional groups attached to an aromatic ring is 1. The number of hydrogen-bond acceptors (Lipinski definition) is 6. The summed E-state index contributed by atoms with van der Waals surface area (Å²) in [4.78, 5) is 18.1. The fourth-order valence-corrected chi connectivity index (χ4v) is 3.26. The third-order valence-corrected chi connectivity index (χ3v) is 4.16. The van der Waals surface area contributed by atoms with E-state index >= 15 is 0 Å². The molecule has 17 heavy (non-hydrogen) atoms. The van der Waals surface area contributed by atoms with Gasteiger partial charge in [0.1, 0.15) is 6.33 Å². The molecule has 1 aliphatic rings. The smallest absolute Gasteiger partial charge is 0.343 e. The molecule has 6 nitrogen and oxygen atoms in total. The average Bonchev–Trinajstić information content (AvgIpc) is 2.30. The van der Waals surface area contributed by atoms with Crippen molar-refractivity contribution in [2.24, 2.45) is 0 Å². The van der Waals surface area contributed by atoms with Gasteiger partial charge in [-0.05, 0) is 12.8 Å². The van der Waals surface area contributed by atoms with Gasteiger partial charge in [-0.3, -0.25) is 10.1 Å². The van der Waals surface area contributed by atoms with Gasteiger partial charge in [0.2, 0.25) is 5.82 Å². The summed E-state index contributed by atoms with van der Waals surface area (Å²) in [5.74, 6) is -0.0525. The summed E-state index contributed by atoms with van der Waals surface area (Å²) >= 11 is 1.46. The highest BCUT2D eigenvalue weighted by Gasteiger charge is 2.25. The normalized spacial score (nSPS) is 16.9. The Hall–Kier alpha value is -1.37. The number of hydrogen-bond donors (Lipinski definition) is 1. The first kappa shape index (κ1) is 12.1. The Kier molecular flexibility index (Phi) is 3.78. The number of rotatable bonds is 3. The molecule has 0 aliphatic heterocycles. The van der Waals surface area contributed by atoms with Crippen LogP contribution >= 0.6 is 11.8 Å². The Morgan fingerprint density at radius 3 is 2.71 bits per heavy atom. The van der Waals surface area contributed by atoms with E-state index in [-0.39, 0.29) is 11.5 Å². The molecule has 0 atom stereocenters. The Bertz CT molecular complexity index is 421. The van der Waals surface area contributed by atoms with E-state index in [1.807, 2.05) is 0 Å². The highest BCUT2D eigenvalue weighted by molar-refractivity contribution is 8.00. The molecule has 0 spiro atoms. The molecule has 1 aromatic rings. The maximum Gasteiger partial charge on any atom is 0.343 e. The van der Waals surface area contributed by atoms with Gasteiger partial charge in [-0.15, -0.1) is 0 Å². The molecule has 0 bridgehead atoms. The van der Waals surface area contributed by atoms with Crippen molar-refractivity contribution >= 4 is 23.3 Å². The second-order valence-electron chi connectivity index (χ2n) is 4.05. The SMILES string of the molecule is Nc1ncnc(SC2CCCCC2)c1[N+](=O)[O-]. The van der Waals surface area contributed by atoms with Gasteiger partial charge < -0.3 is 5.73 Å². The summed E-state index contributed by atoms with van der Waals surface area (Å²) in [7, 11) is 0. The minimum atomic E-state index is -0.500. The summed E-state index contributed by atoms with van der Waals surface area (Å²) in [6, 6.07) is 0. The average molecular weight is 254 g/mol. The third-order valence-electron chi connectivity index (χ3n) is 2.83. The lowest BCUT2D eigenvalue weighted by molar-refractivity contribution is -0.387. The van der Waals surface area contributed by atoms with Crippen LogP contribution in [-0.4, -0.2) is 20.1 Å². The van der Waals surface area contributed by atoms with E-state index in [9.17, 15) is 10.1 Å². The van der Waals surface area contributed by atoms with Crippen molar-refractivity contribution in [3.63, 3.8) is 0 Å².